The van der Waals surface area contributed by atoms with Crippen molar-refractivity contribution in [2.24, 2.45) is 0 Å². The number of urea groups is 1. The fourth-order valence-electron chi connectivity index (χ4n) is 2.56. The number of aryl methyl sites for hydroxylation is 1. The molecular weight excluding hydrogens is 243 g/mol. The highest BCUT2D eigenvalue weighted by Gasteiger charge is 2.16. The number of carbonyl (C=O) groups is 1. The third kappa shape index (κ3) is 4.23. The van der Waals surface area contributed by atoms with Crippen molar-refractivity contribution >= 4 is 6.03 Å². The van der Waals surface area contributed by atoms with E-state index in [1.807, 2.05) is 6.92 Å². The fraction of sp³-hybridized carbons (Fsp3) is 0.533. The molecule has 1 aliphatic carbocycles. The lowest BCUT2D eigenvalue weighted by Gasteiger charge is -2.13. The van der Waals surface area contributed by atoms with Crippen molar-refractivity contribution in [3.05, 3.63) is 35.1 Å². The van der Waals surface area contributed by atoms with Crippen LogP contribution in [0.15, 0.2) is 18.2 Å². The van der Waals surface area contributed by atoms with Crippen molar-refractivity contribution in [2.45, 2.75) is 45.1 Å². The molecule has 0 unspecified atom stereocenters. The predicted octanol–water partition coefficient (Wildman–Crippen LogP) is 2.92. The van der Waals surface area contributed by atoms with Gasteiger partial charge in [0, 0.05) is 12.6 Å². The Kier molecular flexibility index (Phi) is 4.77. The van der Waals surface area contributed by atoms with Gasteiger partial charge in [-0.1, -0.05) is 18.9 Å². The second-order valence-electron chi connectivity index (χ2n) is 5.20. The van der Waals surface area contributed by atoms with E-state index in [-0.39, 0.29) is 11.8 Å². The van der Waals surface area contributed by atoms with Crippen LogP contribution in [0.3, 0.4) is 0 Å². The molecule has 1 aromatic rings. The van der Waals surface area contributed by atoms with Gasteiger partial charge in [0.25, 0.3) is 0 Å². The van der Waals surface area contributed by atoms with E-state index >= 15 is 0 Å². The summed E-state index contributed by atoms with van der Waals surface area (Å²) in [6.45, 7) is 2.46. The van der Waals surface area contributed by atoms with Crippen LogP contribution in [0.2, 0.25) is 0 Å². The van der Waals surface area contributed by atoms with Crippen LogP contribution in [0.1, 0.15) is 36.8 Å². The Balaban J connectivity index is 1.72. The summed E-state index contributed by atoms with van der Waals surface area (Å²) >= 11 is 0. The van der Waals surface area contributed by atoms with Crippen LogP contribution in [0.5, 0.6) is 0 Å². The Bertz CT molecular complexity index is 442. The van der Waals surface area contributed by atoms with Crippen molar-refractivity contribution in [3.8, 4) is 0 Å². The van der Waals surface area contributed by atoms with Crippen molar-refractivity contribution in [1.29, 1.82) is 0 Å². The minimum absolute atomic E-state index is 0.0911. The summed E-state index contributed by atoms with van der Waals surface area (Å²) in [4.78, 5) is 11.6. The number of halogens is 1. The third-order valence-corrected chi connectivity index (χ3v) is 3.67. The molecule has 0 aromatic heterocycles. The van der Waals surface area contributed by atoms with E-state index in [4.69, 9.17) is 0 Å². The van der Waals surface area contributed by atoms with Gasteiger partial charge >= 0.3 is 6.03 Å². The summed E-state index contributed by atoms with van der Waals surface area (Å²) in [6.07, 6.45) is 5.32. The summed E-state index contributed by atoms with van der Waals surface area (Å²) in [5.41, 5.74) is 2.00. The van der Waals surface area contributed by atoms with E-state index in [1.54, 1.807) is 6.07 Å². The van der Waals surface area contributed by atoms with Crippen LogP contribution >= 0.6 is 0 Å². The van der Waals surface area contributed by atoms with Gasteiger partial charge in [-0.2, -0.15) is 0 Å². The average Bonchev–Trinajstić information content (AvgIpc) is 2.84. The SMILES string of the molecule is Cc1cc(F)ccc1CCNC(=O)NC1CCCC1. The van der Waals surface area contributed by atoms with E-state index in [9.17, 15) is 9.18 Å². The molecule has 0 heterocycles. The van der Waals surface area contributed by atoms with Gasteiger partial charge in [-0.05, 0) is 49.4 Å². The number of rotatable bonds is 4. The van der Waals surface area contributed by atoms with E-state index < -0.39 is 0 Å². The molecule has 0 atom stereocenters. The fourth-order valence-corrected chi connectivity index (χ4v) is 2.56. The zero-order valence-electron chi connectivity index (χ0n) is 11.3. The van der Waals surface area contributed by atoms with Crippen LogP contribution in [0, 0.1) is 12.7 Å². The number of hydrogen-bond donors (Lipinski definition) is 2. The Labute approximate surface area is 113 Å². The maximum Gasteiger partial charge on any atom is 0.315 e. The molecular formula is C15H21FN2O. The molecule has 0 radical (unpaired) electrons. The summed E-state index contributed by atoms with van der Waals surface area (Å²) in [6, 6.07) is 5.01. The Morgan fingerprint density at radius 3 is 2.79 bits per heavy atom. The van der Waals surface area contributed by atoms with Crippen molar-refractivity contribution in [1.82, 2.24) is 10.6 Å². The van der Waals surface area contributed by atoms with Crippen LogP contribution < -0.4 is 10.6 Å². The van der Waals surface area contributed by atoms with Gasteiger partial charge in [0.15, 0.2) is 0 Å². The monoisotopic (exact) mass is 264 g/mol. The Hall–Kier alpha value is -1.58. The molecule has 0 bridgehead atoms. The van der Waals surface area contributed by atoms with Crippen LogP contribution in [-0.4, -0.2) is 18.6 Å². The zero-order chi connectivity index (χ0) is 13.7. The first kappa shape index (κ1) is 13.8. The molecule has 104 valence electrons. The van der Waals surface area contributed by atoms with E-state index in [1.165, 1.54) is 25.0 Å². The molecule has 3 nitrogen and oxygen atoms in total. The minimum atomic E-state index is -0.215. The Morgan fingerprint density at radius 2 is 2.11 bits per heavy atom. The molecule has 1 aromatic carbocycles. The molecule has 0 aliphatic heterocycles. The molecule has 0 saturated heterocycles. The van der Waals surface area contributed by atoms with Gasteiger partial charge in [-0.15, -0.1) is 0 Å². The number of nitrogens with one attached hydrogen (secondary N) is 2. The molecule has 2 N–H and O–H groups in total. The van der Waals surface area contributed by atoms with Crippen molar-refractivity contribution in [2.75, 3.05) is 6.54 Å². The second-order valence-corrected chi connectivity index (χ2v) is 5.20. The van der Waals surface area contributed by atoms with Gasteiger partial charge in [-0.25, -0.2) is 9.18 Å². The predicted molar refractivity (Wildman–Crippen MR) is 73.6 cm³/mol. The third-order valence-electron chi connectivity index (χ3n) is 3.67. The van der Waals surface area contributed by atoms with Gasteiger partial charge < -0.3 is 10.6 Å². The quantitative estimate of drug-likeness (QED) is 0.862. The lowest BCUT2D eigenvalue weighted by molar-refractivity contribution is 0.237. The zero-order valence-corrected chi connectivity index (χ0v) is 11.3. The maximum atomic E-state index is 12.9. The highest BCUT2D eigenvalue weighted by Crippen LogP contribution is 2.17. The number of hydrogen-bond acceptors (Lipinski definition) is 1. The number of carbonyl (C=O) groups excluding carboxylic acids is 1. The highest BCUT2D eigenvalue weighted by molar-refractivity contribution is 5.74. The number of amides is 2. The largest absolute Gasteiger partial charge is 0.338 e. The molecule has 4 heteroatoms. The van der Waals surface area contributed by atoms with Crippen LogP contribution in [-0.2, 0) is 6.42 Å². The Morgan fingerprint density at radius 1 is 1.37 bits per heavy atom. The molecule has 1 aliphatic rings. The number of benzene rings is 1. The molecule has 19 heavy (non-hydrogen) atoms. The highest BCUT2D eigenvalue weighted by atomic mass is 19.1. The summed E-state index contributed by atoms with van der Waals surface area (Å²) < 4.78 is 12.9. The standard InChI is InChI=1S/C15H21FN2O/c1-11-10-13(16)7-6-12(11)8-9-17-15(19)18-14-4-2-3-5-14/h6-7,10,14H,2-5,8-9H2,1H3,(H2,17,18,19). The molecule has 2 rings (SSSR count). The lowest BCUT2D eigenvalue weighted by Crippen LogP contribution is -2.41. The van der Waals surface area contributed by atoms with Crippen molar-refractivity contribution < 1.29 is 9.18 Å². The first-order valence-corrected chi connectivity index (χ1v) is 6.94. The minimum Gasteiger partial charge on any atom is -0.338 e. The average molecular weight is 264 g/mol. The summed E-state index contributed by atoms with van der Waals surface area (Å²) in [5.74, 6) is -0.215. The van der Waals surface area contributed by atoms with Crippen LogP contribution in [0.25, 0.3) is 0 Å². The first-order valence-electron chi connectivity index (χ1n) is 6.94. The van der Waals surface area contributed by atoms with Gasteiger partial charge in [0.2, 0.25) is 0 Å². The lowest BCUT2D eigenvalue weighted by atomic mass is 10.1. The van der Waals surface area contributed by atoms with Gasteiger partial charge in [0.1, 0.15) is 5.82 Å². The summed E-state index contributed by atoms with van der Waals surface area (Å²) in [7, 11) is 0. The second kappa shape index (κ2) is 6.55. The van der Waals surface area contributed by atoms with Gasteiger partial charge in [-0.3, -0.25) is 0 Å². The maximum absolute atomic E-state index is 12.9. The van der Waals surface area contributed by atoms with Crippen molar-refractivity contribution in [3.63, 3.8) is 0 Å². The van der Waals surface area contributed by atoms with E-state index in [0.717, 1.165) is 30.4 Å². The van der Waals surface area contributed by atoms with E-state index in [2.05, 4.69) is 10.6 Å². The smallest absolute Gasteiger partial charge is 0.315 e. The molecule has 1 fully saturated rings. The van der Waals surface area contributed by atoms with Gasteiger partial charge in [0.05, 0.1) is 0 Å². The first-order chi connectivity index (χ1) is 9.15. The molecule has 2 amide bonds. The molecule has 0 spiro atoms. The van der Waals surface area contributed by atoms with E-state index in [0.29, 0.717) is 12.6 Å². The van der Waals surface area contributed by atoms with Crippen LogP contribution in [0.4, 0.5) is 9.18 Å². The molecule has 1 saturated carbocycles. The summed E-state index contributed by atoms with van der Waals surface area (Å²) in [5, 5.41) is 5.83. The topological polar surface area (TPSA) is 41.1 Å². The normalized spacial score (nSPS) is 15.5.